The van der Waals surface area contributed by atoms with Crippen LogP contribution < -0.4 is 10.2 Å². The van der Waals surface area contributed by atoms with Gasteiger partial charge in [-0.2, -0.15) is 13.2 Å². The third-order valence-corrected chi connectivity index (χ3v) is 6.19. The molecule has 0 unspecified atom stereocenters. The van der Waals surface area contributed by atoms with Crippen LogP contribution in [0, 0.1) is 11.8 Å². The molecule has 1 aromatic heterocycles. The smallest absolute Gasteiger partial charge is 0.354 e. The van der Waals surface area contributed by atoms with Gasteiger partial charge in [-0.25, -0.2) is 4.98 Å². The number of anilines is 1. The molecule has 0 bridgehead atoms. The first-order valence-corrected chi connectivity index (χ1v) is 10.0. The van der Waals surface area contributed by atoms with E-state index in [2.05, 4.69) is 29.0 Å². The van der Waals surface area contributed by atoms with E-state index in [1.165, 1.54) is 12.5 Å². The summed E-state index contributed by atoms with van der Waals surface area (Å²) >= 11 is 0. The molecular formula is C20H29F3N4O. The second-order valence-corrected chi connectivity index (χ2v) is 8.11. The van der Waals surface area contributed by atoms with Gasteiger partial charge in [-0.05, 0) is 30.4 Å². The molecule has 1 aliphatic heterocycles. The van der Waals surface area contributed by atoms with Crippen molar-refractivity contribution in [3.8, 4) is 0 Å². The van der Waals surface area contributed by atoms with E-state index in [-0.39, 0.29) is 11.9 Å². The van der Waals surface area contributed by atoms with Gasteiger partial charge in [0.2, 0.25) is 5.91 Å². The van der Waals surface area contributed by atoms with Gasteiger partial charge in [0.05, 0.1) is 12.1 Å². The molecule has 0 aromatic carbocycles. The number of halogens is 3. The molecule has 5 nitrogen and oxygen atoms in total. The fourth-order valence-electron chi connectivity index (χ4n) is 4.12. The highest BCUT2D eigenvalue weighted by molar-refractivity contribution is 5.78. The number of hydrogen-bond acceptors (Lipinski definition) is 4. The Hall–Kier alpha value is -1.83. The summed E-state index contributed by atoms with van der Waals surface area (Å²) in [5, 5.41) is 3.20. The highest BCUT2D eigenvalue weighted by Gasteiger charge is 2.31. The lowest BCUT2D eigenvalue weighted by Gasteiger charge is -2.37. The monoisotopic (exact) mass is 398 g/mol. The number of piperazine rings is 1. The van der Waals surface area contributed by atoms with E-state index in [0.29, 0.717) is 50.4 Å². The number of carbonyl (C=O) groups is 1. The summed E-state index contributed by atoms with van der Waals surface area (Å²) in [5.41, 5.74) is -0.738. The second kappa shape index (κ2) is 8.68. The zero-order valence-electron chi connectivity index (χ0n) is 16.5. The van der Waals surface area contributed by atoms with E-state index >= 15 is 0 Å². The molecule has 3 rings (SSSR count). The largest absolute Gasteiger partial charge is 0.417 e. The van der Waals surface area contributed by atoms with Crippen LogP contribution in [0.1, 0.15) is 38.7 Å². The molecule has 3 atom stereocenters. The van der Waals surface area contributed by atoms with E-state index in [9.17, 15) is 18.0 Å². The molecule has 28 heavy (non-hydrogen) atoms. The summed E-state index contributed by atoms with van der Waals surface area (Å²) in [5.74, 6) is 1.74. The Morgan fingerprint density at radius 1 is 1.18 bits per heavy atom. The maximum atomic E-state index is 12.7. The summed E-state index contributed by atoms with van der Waals surface area (Å²) < 4.78 is 38.0. The van der Waals surface area contributed by atoms with Crippen molar-refractivity contribution in [1.29, 1.82) is 0 Å². The lowest BCUT2D eigenvalue weighted by molar-refractivity contribution is -0.137. The molecule has 1 aliphatic carbocycles. The van der Waals surface area contributed by atoms with Crippen LogP contribution in [-0.4, -0.2) is 54.6 Å². The summed E-state index contributed by atoms with van der Waals surface area (Å²) in [6.07, 6.45) is -0.0555. The molecule has 2 fully saturated rings. The van der Waals surface area contributed by atoms with Gasteiger partial charge in [0.25, 0.3) is 0 Å². The maximum Gasteiger partial charge on any atom is 0.417 e. The summed E-state index contributed by atoms with van der Waals surface area (Å²) in [4.78, 5) is 20.4. The van der Waals surface area contributed by atoms with Crippen LogP contribution in [0.15, 0.2) is 18.3 Å². The minimum Gasteiger partial charge on any atom is -0.354 e. The number of amides is 1. The maximum absolute atomic E-state index is 12.7. The first-order chi connectivity index (χ1) is 13.2. The van der Waals surface area contributed by atoms with Crippen molar-refractivity contribution in [3.05, 3.63) is 23.9 Å². The van der Waals surface area contributed by atoms with Gasteiger partial charge in [-0.3, -0.25) is 9.69 Å². The molecule has 2 aliphatic rings. The third kappa shape index (κ3) is 5.16. The van der Waals surface area contributed by atoms with Crippen LogP contribution in [-0.2, 0) is 11.0 Å². The van der Waals surface area contributed by atoms with Crippen molar-refractivity contribution in [2.75, 3.05) is 37.6 Å². The number of aromatic nitrogens is 1. The second-order valence-electron chi connectivity index (χ2n) is 8.11. The van der Waals surface area contributed by atoms with Gasteiger partial charge < -0.3 is 10.2 Å². The molecule has 1 aromatic rings. The molecule has 2 heterocycles. The Morgan fingerprint density at radius 2 is 1.89 bits per heavy atom. The average molecular weight is 398 g/mol. The summed E-state index contributed by atoms with van der Waals surface area (Å²) in [7, 11) is 0. The number of alkyl halides is 3. The average Bonchev–Trinajstić information content (AvgIpc) is 2.65. The number of pyridine rings is 1. The van der Waals surface area contributed by atoms with Crippen LogP contribution >= 0.6 is 0 Å². The van der Waals surface area contributed by atoms with Crippen molar-refractivity contribution in [2.45, 2.75) is 45.3 Å². The number of carbonyl (C=O) groups excluding carboxylic acids is 1. The minimum atomic E-state index is -4.37. The van der Waals surface area contributed by atoms with Crippen molar-refractivity contribution < 1.29 is 18.0 Å². The molecule has 1 amide bonds. The molecule has 8 heteroatoms. The van der Waals surface area contributed by atoms with Gasteiger partial charge in [0, 0.05) is 38.4 Å². The molecule has 1 saturated carbocycles. The highest BCUT2D eigenvalue weighted by atomic mass is 19.4. The SMILES string of the molecule is C[C@@H]1[C@@H](C)CCC[C@H]1NC(=O)CN1CCN(c2ccc(C(F)(F)F)cn2)CC1. The first-order valence-electron chi connectivity index (χ1n) is 10.0. The summed E-state index contributed by atoms with van der Waals surface area (Å²) in [6, 6.07) is 2.74. The van der Waals surface area contributed by atoms with Crippen LogP contribution in [0.4, 0.5) is 19.0 Å². The van der Waals surface area contributed by atoms with Crippen molar-refractivity contribution in [1.82, 2.24) is 15.2 Å². The first kappa shape index (κ1) is 20.9. The zero-order chi connectivity index (χ0) is 20.3. The standard InChI is InChI=1S/C20H29F3N4O/c1-14-4-3-5-17(15(14)2)25-19(28)13-26-8-10-27(11-9-26)18-7-6-16(12-24-18)20(21,22)23/h6-7,12,14-15,17H,3-5,8-11,13H2,1-2H3,(H,25,28)/t14-,15+,17+/m0/s1. The van der Waals surface area contributed by atoms with Crippen LogP contribution in [0.5, 0.6) is 0 Å². The lowest BCUT2D eigenvalue weighted by atomic mass is 9.78. The van der Waals surface area contributed by atoms with Crippen LogP contribution in [0.3, 0.4) is 0 Å². The fourth-order valence-corrected chi connectivity index (χ4v) is 4.12. The van der Waals surface area contributed by atoms with Crippen molar-refractivity contribution in [3.63, 3.8) is 0 Å². The van der Waals surface area contributed by atoms with Crippen molar-refractivity contribution in [2.24, 2.45) is 11.8 Å². The Balaban J connectivity index is 1.45. The highest BCUT2D eigenvalue weighted by Crippen LogP contribution is 2.30. The molecular weight excluding hydrogens is 369 g/mol. The van der Waals surface area contributed by atoms with E-state index < -0.39 is 11.7 Å². The summed E-state index contributed by atoms with van der Waals surface area (Å²) in [6.45, 7) is 7.48. The van der Waals surface area contributed by atoms with E-state index in [0.717, 1.165) is 25.1 Å². The van der Waals surface area contributed by atoms with Crippen LogP contribution in [0.25, 0.3) is 0 Å². The van der Waals surface area contributed by atoms with E-state index in [4.69, 9.17) is 0 Å². The zero-order valence-corrected chi connectivity index (χ0v) is 16.5. The number of nitrogens with one attached hydrogen (secondary N) is 1. The predicted molar refractivity (Wildman–Crippen MR) is 102 cm³/mol. The predicted octanol–water partition coefficient (Wildman–Crippen LogP) is 3.16. The van der Waals surface area contributed by atoms with E-state index in [1.807, 2.05) is 4.90 Å². The minimum absolute atomic E-state index is 0.0621. The number of nitrogens with zero attached hydrogens (tertiary/aromatic N) is 3. The van der Waals surface area contributed by atoms with Crippen LogP contribution in [0.2, 0.25) is 0 Å². The lowest BCUT2D eigenvalue weighted by Crippen LogP contribution is -2.52. The van der Waals surface area contributed by atoms with Crippen molar-refractivity contribution >= 4 is 11.7 Å². The molecule has 0 radical (unpaired) electrons. The van der Waals surface area contributed by atoms with Gasteiger partial charge in [0.1, 0.15) is 5.82 Å². The van der Waals surface area contributed by atoms with Gasteiger partial charge in [-0.1, -0.05) is 26.7 Å². The number of rotatable bonds is 4. The molecule has 1 N–H and O–H groups in total. The van der Waals surface area contributed by atoms with E-state index in [1.54, 1.807) is 0 Å². The Kier molecular flexibility index (Phi) is 6.47. The Labute approximate surface area is 164 Å². The van der Waals surface area contributed by atoms with Gasteiger partial charge in [0.15, 0.2) is 0 Å². The molecule has 1 saturated heterocycles. The fraction of sp³-hybridized carbons (Fsp3) is 0.700. The number of hydrogen-bond donors (Lipinski definition) is 1. The van der Waals surface area contributed by atoms with Gasteiger partial charge in [-0.15, -0.1) is 0 Å². The Morgan fingerprint density at radius 3 is 2.50 bits per heavy atom. The normalized spacial score (nSPS) is 26.9. The third-order valence-electron chi connectivity index (χ3n) is 6.19. The Bertz CT molecular complexity index is 656. The van der Waals surface area contributed by atoms with Gasteiger partial charge >= 0.3 is 6.18 Å². The molecule has 0 spiro atoms. The molecule has 156 valence electrons. The topological polar surface area (TPSA) is 48.5 Å². The quantitative estimate of drug-likeness (QED) is 0.847.